The third-order valence-electron chi connectivity index (χ3n) is 1.70. The fraction of sp³-hybridized carbons (Fsp3) is 0.125. The Bertz CT molecular complexity index is 453. The van der Waals surface area contributed by atoms with E-state index in [0.717, 1.165) is 16.7 Å². The quantitative estimate of drug-likeness (QED) is 0.661. The average Bonchev–Trinajstić information content (AvgIpc) is 2.62. The number of anilines is 1. The number of aromatic nitrogens is 3. The molecule has 13 heavy (non-hydrogen) atoms. The van der Waals surface area contributed by atoms with Crippen LogP contribution in [0.15, 0.2) is 18.2 Å². The van der Waals surface area contributed by atoms with Crippen LogP contribution in [0.3, 0.4) is 0 Å². The topological polar surface area (TPSA) is 77.4 Å². The highest BCUT2D eigenvalue weighted by Crippen LogP contribution is 2.17. The highest BCUT2D eigenvalue weighted by Gasteiger charge is 2.02. The van der Waals surface area contributed by atoms with Crippen molar-refractivity contribution in [1.82, 2.24) is 15.4 Å². The van der Waals surface area contributed by atoms with Crippen molar-refractivity contribution in [3.63, 3.8) is 0 Å². The van der Waals surface area contributed by atoms with E-state index in [9.17, 15) is 0 Å². The zero-order valence-corrected chi connectivity index (χ0v) is 6.78. The van der Waals surface area contributed by atoms with Gasteiger partial charge in [0.25, 0.3) is 0 Å². The summed E-state index contributed by atoms with van der Waals surface area (Å²) in [5.74, 6) is 0. The van der Waals surface area contributed by atoms with Crippen molar-refractivity contribution in [1.29, 1.82) is 5.26 Å². The molecule has 0 amide bonds. The number of nitrogens with zero attached hydrogens (tertiary/aromatic N) is 3. The molecule has 0 atom stereocenters. The van der Waals surface area contributed by atoms with Gasteiger partial charge in [0.1, 0.15) is 17.6 Å². The normalized spacial score (nSPS) is 9.77. The van der Waals surface area contributed by atoms with E-state index in [2.05, 4.69) is 20.7 Å². The first-order chi connectivity index (χ1) is 6.42. The monoisotopic (exact) mass is 173 g/mol. The van der Waals surface area contributed by atoms with E-state index >= 15 is 0 Å². The van der Waals surface area contributed by atoms with Crippen LogP contribution in [0.4, 0.5) is 5.69 Å². The van der Waals surface area contributed by atoms with E-state index < -0.39 is 0 Å². The molecule has 0 fully saturated rings. The first kappa shape index (κ1) is 7.55. The van der Waals surface area contributed by atoms with E-state index in [0.29, 0.717) is 0 Å². The van der Waals surface area contributed by atoms with Crippen molar-refractivity contribution < 1.29 is 0 Å². The molecule has 2 aromatic rings. The van der Waals surface area contributed by atoms with Crippen molar-refractivity contribution in [3.05, 3.63) is 18.2 Å². The molecule has 0 radical (unpaired) electrons. The lowest BCUT2D eigenvalue weighted by molar-refractivity contribution is 0.959. The molecule has 64 valence electrons. The highest BCUT2D eigenvalue weighted by molar-refractivity contribution is 5.87. The van der Waals surface area contributed by atoms with Crippen LogP contribution in [0.5, 0.6) is 0 Å². The van der Waals surface area contributed by atoms with Gasteiger partial charge in [0, 0.05) is 0 Å². The van der Waals surface area contributed by atoms with Gasteiger partial charge in [0.2, 0.25) is 0 Å². The fourth-order valence-electron chi connectivity index (χ4n) is 1.15. The molecule has 2 rings (SSSR count). The van der Waals surface area contributed by atoms with Crippen molar-refractivity contribution >= 4 is 16.7 Å². The summed E-state index contributed by atoms with van der Waals surface area (Å²) >= 11 is 0. The molecule has 0 spiro atoms. The first-order valence-electron chi connectivity index (χ1n) is 3.82. The third kappa shape index (κ3) is 1.29. The fourth-order valence-corrected chi connectivity index (χ4v) is 1.15. The van der Waals surface area contributed by atoms with Crippen LogP contribution in [-0.4, -0.2) is 22.0 Å². The summed E-state index contributed by atoms with van der Waals surface area (Å²) in [6.45, 7) is 0.270. The van der Waals surface area contributed by atoms with Crippen molar-refractivity contribution in [2.45, 2.75) is 0 Å². The number of hydrogen-bond acceptors (Lipinski definition) is 4. The molecule has 0 aliphatic rings. The Kier molecular flexibility index (Phi) is 1.81. The van der Waals surface area contributed by atoms with Crippen LogP contribution >= 0.6 is 0 Å². The molecule has 0 unspecified atom stereocenters. The molecular formula is C8H7N5. The van der Waals surface area contributed by atoms with Crippen LogP contribution in [0.1, 0.15) is 0 Å². The number of hydrogen-bond donors (Lipinski definition) is 2. The highest BCUT2D eigenvalue weighted by atomic mass is 15.3. The number of benzene rings is 1. The maximum absolute atomic E-state index is 8.39. The molecule has 1 aromatic heterocycles. The number of aromatic amines is 1. The van der Waals surface area contributed by atoms with E-state index in [1.54, 1.807) is 0 Å². The Morgan fingerprint density at radius 1 is 1.46 bits per heavy atom. The molecule has 0 bridgehead atoms. The van der Waals surface area contributed by atoms with Gasteiger partial charge in [-0.3, -0.25) is 0 Å². The summed E-state index contributed by atoms with van der Waals surface area (Å²) in [5, 5.41) is 21.8. The number of nitrogens with one attached hydrogen (secondary N) is 2. The van der Waals surface area contributed by atoms with Gasteiger partial charge < -0.3 is 5.32 Å². The smallest absolute Gasteiger partial charge is 0.136 e. The number of para-hydroxylation sites is 1. The minimum atomic E-state index is 0.270. The van der Waals surface area contributed by atoms with E-state index in [1.165, 1.54) is 0 Å². The molecule has 5 nitrogen and oxygen atoms in total. The number of nitriles is 1. The Morgan fingerprint density at radius 2 is 2.38 bits per heavy atom. The van der Waals surface area contributed by atoms with Gasteiger partial charge in [-0.1, -0.05) is 6.07 Å². The van der Waals surface area contributed by atoms with Crippen molar-refractivity contribution in [2.75, 3.05) is 11.9 Å². The Balaban J connectivity index is 2.44. The Morgan fingerprint density at radius 3 is 3.23 bits per heavy atom. The summed E-state index contributed by atoms with van der Waals surface area (Å²) in [6, 6.07) is 7.59. The van der Waals surface area contributed by atoms with Gasteiger partial charge in [-0.2, -0.15) is 20.7 Å². The lowest BCUT2D eigenvalue weighted by Crippen LogP contribution is -1.98. The molecule has 1 heterocycles. The SMILES string of the molecule is N#CCNc1cccc2n[nH]nc12. The molecule has 0 aliphatic carbocycles. The molecular weight excluding hydrogens is 166 g/mol. The van der Waals surface area contributed by atoms with Gasteiger partial charge in [0.15, 0.2) is 0 Å². The Labute approximate surface area is 74.4 Å². The van der Waals surface area contributed by atoms with Crippen molar-refractivity contribution in [3.8, 4) is 6.07 Å². The number of rotatable bonds is 2. The number of fused-ring (bicyclic) bond motifs is 1. The van der Waals surface area contributed by atoms with Crippen LogP contribution < -0.4 is 5.32 Å². The summed E-state index contributed by atoms with van der Waals surface area (Å²) in [7, 11) is 0. The van der Waals surface area contributed by atoms with Gasteiger partial charge in [-0.05, 0) is 12.1 Å². The predicted molar refractivity (Wildman–Crippen MR) is 48.0 cm³/mol. The minimum absolute atomic E-state index is 0.270. The summed E-state index contributed by atoms with van der Waals surface area (Å²) in [6.07, 6.45) is 0. The summed E-state index contributed by atoms with van der Waals surface area (Å²) in [4.78, 5) is 0. The van der Waals surface area contributed by atoms with Crippen molar-refractivity contribution in [2.24, 2.45) is 0 Å². The van der Waals surface area contributed by atoms with Crippen LogP contribution in [0, 0.1) is 11.3 Å². The molecule has 0 aliphatic heterocycles. The van der Waals surface area contributed by atoms with E-state index in [-0.39, 0.29) is 6.54 Å². The lowest BCUT2D eigenvalue weighted by atomic mass is 10.2. The zero-order chi connectivity index (χ0) is 9.10. The second-order valence-corrected chi connectivity index (χ2v) is 2.51. The largest absolute Gasteiger partial charge is 0.370 e. The van der Waals surface area contributed by atoms with Crippen LogP contribution in [0.25, 0.3) is 11.0 Å². The maximum Gasteiger partial charge on any atom is 0.136 e. The molecule has 5 heteroatoms. The standard InChI is InChI=1S/C8H7N5/c9-4-5-10-6-2-1-3-7-8(6)12-13-11-7/h1-3,10H,5H2,(H,11,12,13). The first-order valence-corrected chi connectivity index (χ1v) is 3.82. The second-order valence-electron chi connectivity index (χ2n) is 2.51. The number of H-pyrrole nitrogens is 1. The predicted octanol–water partition coefficient (Wildman–Crippen LogP) is 0.893. The summed E-state index contributed by atoms with van der Waals surface area (Å²) < 4.78 is 0. The maximum atomic E-state index is 8.39. The van der Waals surface area contributed by atoms with E-state index in [1.807, 2.05) is 24.3 Å². The minimum Gasteiger partial charge on any atom is -0.370 e. The zero-order valence-electron chi connectivity index (χ0n) is 6.78. The molecule has 2 N–H and O–H groups in total. The molecule has 0 saturated heterocycles. The van der Waals surface area contributed by atoms with Gasteiger partial charge in [0.05, 0.1) is 11.8 Å². The second kappa shape index (κ2) is 3.11. The Hall–Kier alpha value is -2.09. The molecule has 0 saturated carbocycles. The van der Waals surface area contributed by atoms with E-state index in [4.69, 9.17) is 5.26 Å². The average molecular weight is 173 g/mol. The van der Waals surface area contributed by atoms with Gasteiger partial charge in [-0.15, -0.1) is 0 Å². The molecule has 1 aromatic carbocycles. The van der Waals surface area contributed by atoms with Crippen LogP contribution in [-0.2, 0) is 0 Å². The van der Waals surface area contributed by atoms with Crippen LogP contribution in [0.2, 0.25) is 0 Å². The lowest BCUT2D eigenvalue weighted by Gasteiger charge is -1.99. The third-order valence-corrected chi connectivity index (χ3v) is 1.70. The van der Waals surface area contributed by atoms with Gasteiger partial charge >= 0.3 is 0 Å². The summed E-state index contributed by atoms with van der Waals surface area (Å²) in [5.41, 5.74) is 2.38. The van der Waals surface area contributed by atoms with Gasteiger partial charge in [-0.25, -0.2) is 0 Å².